The van der Waals surface area contributed by atoms with E-state index in [0.29, 0.717) is 32.3 Å². The van der Waals surface area contributed by atoms with Crippen LogP contribution in [0.2, 0.25) is 0 Å². The number of hydrogen-bond donors (Lipinski definition) is 1. The van der Waals surface area contributed by atoms with Crippen LogP contribution >= 0.6 is 0 Å². The molecule has 0 spiro atoms. The number of nitrogens with zero attached hydrogens (tertiary/aromatic N) is 3. The molecule has 2 unspecified atom stereocenters. The Bertz CT molecular complexity index is 490. The van der Waals surface area contributed by atoms with Crippen molar-refractivity contribution < 1.29 is 9.53 Å². The number of piperazine rings is 1. The quantitative estimate of drug-likeness (QED) is 0.869. The smallest absolute Gasteiger partial charge is 0.246 e. The summed E-state index contributed by atoms with van der Waals surface area (Å²) in [5, 5.41) is 3.43. The van der Waals surface area contributed by atoms with E-state index < -0.39 is 0 Å². The Hall–Kier alpha value is -1.50. The lowest BCUT2D eigenvalue weighted by atomic mass is 10.1. The van der Waals surface area contributed by atoms with Crippen LogP contribution in [-0.4, -0.2) is 72.7 Å². The number of ether oxygens (including phenoxy) is 1. The monoisotopic (exact) mass is 304 g/mol. The Morgan fingerprint density at radius 2 is 2.18 bits per heavy atom. The Balaban J connectivity index is 1.83. The van der Waals surface area contributed by atoms with Crippen molar-refractivity contribution in [1.29, 1.82) is 0 Å². The second kappa shape index (κ2) is 7.17. The van der Waals surface area contributed by atoms with Crippen LogP contribution in [-0.2, 0) is 9.53 Å². The summed E-state index contributed by atoms with van der Waals surface area (Å²) in [4.78, 5) is 21.7. The minimum Gasteiger partial charge on any atom is -0.378 e. The number of carbonyl (C=O) groups is 1. The van der Waals surface area contributed by atoms with Gasteiger partial charge in [0.15, 0.2) is 0 Å². The van der Waals surface area contributed by atoms with Crippen molar-refractivity contribution in [2.75, 3.05) is 45.9 Å². The van der Waals surface area contributed by atoms with Gasteiger partial charge in [0, 0.05) is 45.0 Å². The molecule has 2 aliphatic rings. The Labute approximate surface area is 131 Å². The number of rotatable bonds is 3. The van der Waals surface area contributed by atoms with Crippen molar-refractivity contribution in [1.82, 2.24) is 20.1 Å². The fourth-order valence-corrected chi connectivity index (χ4v) is 3.16. The van der Waals surface area contributed by atoms with Gasteiger partial charge in [-0.3, -0.25) is 14.7 Å². The van der Waals surface area contributed by atoms with Crippen LogP contribution < -0.4 is 5.32 Å². The highest BCUT2D eigenvalue weighted by Crippen LogP contribution is 2.23. The van der Waals surface area contributed by atoms with Crippen molar-refractivity contribution in [2.45, 2.75) is 19.0 Å². The zero-order valence-electron chi connectivity index (χ0n) is 13.1. The van der Waals surface area contributed by atoms with Gasteiger partial charge in [-0.05, 0) is 19.1 Å². The third-order valence-electron chi connectivity index (χ3n) is 4.29. The van der Waals surface area contributed by atoms with Gasteiger partial charge in [0.1, 0.15) is 6.04 Å². The number of hydrogen-bond acceptors (Lipinski definition) is 5. The number of pyridine rings is 1. The standard InChI is InChI=1S/C16H24N4O2/c1-13-12-20(7-6-17-13)15(14-4-2-3-5-18-14)16(21)19-8-10-22-11-9-19/h2-5,13,15,17H,6-12H2,1H3. The maximum atomic E-state index is 13.1. The highest BCUT2D eigenvalue weighted by Gasteiger charge is 2.34. The average Bonchev–Trinajstić information content (AvgIpc) is 2.57. The predicted octanol–water partition coefficient (Wildman–Crippen LogP) is 0.275. The van der Waals surface area contributed by atoms with Gasteiger partial charge in [-0.15, -0.1) is 0 Å². The average molecular weight is 304 g/mol. The first-order valence-corrected chi connectivity index (χ1v) is 8.00. The minimum absolute atomic E-state index is 0.149. The van der Waals surface area contributed by atoms with Crippen LogP contribution in [0.4, 0.5) is 0 Å². The lowest BCUT2D eigenvalue weighted by Crippen LogP contribution is -2.54. The molecule has 6 heteroatoms. The molecule has 0 radical (unpaired) electrons. The lowest BCUT2D eigenvalue weighted by molar-refractivity contribution is -0.142. The van der Waals surface area contributed by atoms with Crippen LogP contribution in [0, 0.1) is 0 Å². The van der Waals surface area contributed by atoms with E-state index in [0.717, 1.165) is 25.3 Å². The first-order valence-electron chi connectivity index (χ1n) is 8.00. The summed E-state index contributed by atoms with van der Waals surface area (Å²) in [6.45, 7) is 7.37. The fraction of sp³-hybridized carbons (Fsp3) is 0.625. The largest absolute Gasteiger partial charge is 0.378 e. The molecule has 2 aliphatic heterocycles. The summed E-state index contributed by atoms with van der Waals surface area (Å²) < 4.78 is 5.36. The summed E-state index contributed by atoms with van der Waals surface area (Å²) in [5.41, 5.74) is 0.841. The van der Waals surface area contributed by atoms with Crippen LogP contribution in [0.25, 0.3) is 0 Å². The third kappa shape index (κ3) is 3.45. The van der Waals surface area contributed by atoms with Crippen molar-refractivity contribution in [3.8, 4) is 0 Å². The maximum Gasteiger partial charge on any atom is 0.246 e. The molecule has 0 aromatic carbocycles. The molecule has 0 aliphatic carbocycles. The highest BCUT2D eigenvalue weighted by atomic mass is 16.5. The van der Waals surface area contributed by atoms with Crippen molar-refractivity contribution in [3.63, 3.8) is 0 Å². The highest BCUT2D eigenvalue weighted by molar-refractivity contribution is 5.83. The van der Waals surface area contributed by atoms with Crippen molar-refractivity contribution >= 4 is 5.91 Å². The zero-order valence-corrected chi connectivity index (χ0v) is 13.1. The molecule has 2 fully saturated rings. The summed E-state index contributed by atoms with van der Waals surface area (Å²) in [7, 11) is 0. The molecule has 3 rings (SSSR count). The molecule has 3 heterocycles. The van der Waals surface area contributed by atoms with Crippen molar-refractivity contribution in [2.24, 2.45) is 0 Å². The summed E-state index contributed by atoms with van der Waals surface area (Å²) in [6.07, 6.45) is 1.76. The molecule has 1 N–H and O–H groups in total. The molecular formula is C16H24N4O2. The maximum absolute atomic E-state index is 13.1. The van der Waals surface area contributed by atoms with Gasteiger partial charge >= 0.3 is 0 Å². The lowest BCUT2D eigenvalue weighted by Gasteiger charge is -2.39. The van der Waals surface area contributed by atoms with Gasteiger partial charge in [-0.1, -0.05) is 6.07 Å². The van der Waals surface area contributed by atoms with E-state index >= 15 is 0 Å². The van der Waals surface area contributed by atoms with Gasteiger partial charge in [0.25, 0.3) is 0 Å². The van der Waals surface area contributed by atoms with E-state index in [1.54, 1.807) is 6.20 Å². The number of aromatic nitrogens is 1. The summed E-state index contributed by atoms with van der Waals surface area (Å²) in [5.74, 6) is 0.149. The minimum atomic E-state index is -0.288. The zero-order chi connectivity index (χ0) is 15.4. The summed E-state index contributed by atoms with van der Waals surface area (Å²) in [6, 6.07) is 5.89. The van der Waals surface area contributed by atoms with Gasteiger partial charge in [-0.2, -0.15) is 0 Å². The first-order chi connectivity index (χ1) is 10.8. The summed E-state index contributed by atoms with van der Waals surface area (Å²) >= 11 is 0. The van der Waals surface area contributed by atoms with E-state index in [-0.39, 0.29) is 11.9 Å². The number of nitrogens with one attached hydrogen (secondary N) is 1. The van der Waals surface area contributed by atoms with Crippen LogP contribution in [0.5, 0.6) is 0 Å². The fourth-order valence-electron chi connectivity index (χ4n) is 3.16. The van der Waals surface area contributed by atoms with Gasteiger partial charge in [0.2, 0.25) is 5.91 Å². The molecule has 0 bridgehead atoms. The molecule has 1 amide bonds. The Morgan fingerprint density at radius 1 is 1.36 bits per heavy atom. The van der Waals surface area contributed by atoms with E-state index in [1.165, 1.54) is 0 Å². The SMILES string of the molecule is CC1CN(C(C(=O)N2CCOCC2)c2ccccn2)CCN1. The van der Waals surface area contributed by atoms with E-state index in [2.05, 4.69) is 22.1 Å². The molecule has 22 heavy (non-hydrogen) atoms. The van der Waals surface area contributed by atoms with Crippen molar-refractivity contribution in [3.05, 3.63) is 30.1 Å². The van der Waals surface area contributed by atoms with Crippen LogP contribution in [0.15, 0.2) is 24.4 Å². The van der Waals surface area contributed by atoms with E-state index in [4.69, 9.17) is 4.74 Å². The second-order valence-electron chi connectivity index (χ2n) is 5.94. The molecule has 6 nitrogen and oxygen atoms in total. The molecule has 120 valence electrons. The number of carbonyl (C=O) groups excluding carboxylic acids is 1. The Kier molecular flexibility index (Phi) is 5.02. The third-order valence-corrected chi connectivity index (χ3v) is 4.29. The topological polar surface area (TPSA) is 57.7 Å². The number of morpholine rings is 1. The van der Waals surface area contributed by atoms with E-state index in [9.17, 15) is 4.79 Å². The van der Waals surface area contributed by atoms with Gasteiger partial charge in [0.05, 0.1) is 18.9 Å². The number of amides is 1. The predicted molar refractivity (Wildman–Crippen MR) is 83.4 cm³/mol. The van der Waals surface area contributed by atoms with E-state index in [1.807, 2.05) is 23.1 Å². The first kappa shape index (κ1) is 15.4. The van der Waals surface area contributed by atoms with Crippen LogP contribution in [0.3, 0.4) is 0 Å². The Morgan fingerprint density at radius 3 is 2.86 bits per heavy atom. The van der Waals surface area contributed by atoms with Gasteiger partial charge in [-0.25, -0.2) is 0 Å². The molecule has 1 aromatic heterocycles. The molecular weight excluding hydrogens is 280 g/mol. The molecule has 2 atom stereocenters. The van der Waals surface area contributed by atoms with Gasteiger partial charge < -0.3 is 15.0 Å². The molecule has 2 saturated heterocycles. The van der Waals surface area contributed by atoms with Crippen LogP contribution in [0.1, 0.15) is 18.7 Å². The molecule has 0 saturated carbocycles. The normalized spacial score (nSPS) is 25.0. The second-order valence-corrected chi connectivity index (χ2v) is 5.94. The molecule has 1 aromatic rings.